The Morgan fingerprint density at radius 1 is 1.07 bits per heavy atom. The van der Waals surface area contributed by atoms with Crippen LogP contribution in [0.2, 0.25) is 0 Å². The van der Waals surface area contributed by atoms with Crippen LogP contribution in [0.25, 0.3) is 11.0 Å². The normalized spacial score (nSPS) is 12.6. The third kappa shape index (κ3) is 3.96. The van der Waals surface area contributed by atoms with Crippen molar-refractivity contribution in [2.45, 2.75) is 20.4 Å². The van der Waals surface area contributed by atoms with E-state index in [-0.39, 0.29) is 12.5 Å². The summed E-state index contributed by atoms with van der Waals surface area (Å²) in [6.45, 7) is 5.02. The summed E-state index contributed by atoms with van der Waals surface area (Å²) in [6, 6.07) is 10.7. The van der Waals surface area contributed by atoms with Crippen molar-refractivity contribution in [3.63, 3.8) is 0 Å². The fraction of sp³-hybridized carbons (Fsp3) is 0.304. The predicted octanol–water partition coefficient (Wildman–Crippen LogP) is 3.22. The molecule has 0 unspecified atom stereocenters. The molecule has 1 aliphatic rings. The highest BCUT2D eigenvalue weighted by Gasteiger charge is 2.16. The number of nitrogens with zero attached hydrogens (tertiary/aromatic N) is 1. The van der Waals surface area contributed by atoms with Crippen molar-refractivity contribution in [3.05, 3.63) is 63.5 Å². The molecule has 3 aromatic rings. The maximum Gasteiger partial charge on any atom is 0.336 e. The van der Waals surface area contributed by atoms with Crippen LogP contribution >= 0.6 is 0 Å². The molecule has 1 amide bonds. The van der Waals surface area contributed by atoms with Crippen LogP contribution in [0.1, 0.15) is 16.7 Å². The molecule has 0 spiro atoms. The number of amides is 1. The molecule has 0 bridgehead atoms. The lowest BCUT2D eigenvalue weighted by Crippen LogP contribution is -2.31. The van der Waals surface area contributed by atoms with Gasteiger partial charge in [-0.25, -0.2) is 4.79 Å². The molecule has 30 heavy (non-hydrogen) atoms. The first-order valence-electron chi connectivity index (χ1n) is 9.72. The molecule has 0 N–H and O–H groups in total. The van der Waals surface area contributed by atoms with Crippen molar-refractivity contribution in [2.24, 2.45) is 0 Å². The molecule has 0 aliphatic carbocycles. The summed E-state index contributed by atoms with van der Waals surface area (Å²) in [6.07, 6.45) is 0. The Morgan fingerprint density at radius 2 is 1.83 bits per heavy atom. The van der Waals surface area contributed by atoms with Gasteiger partial charge in [-0.2, -0.15) is 0 Å². The predicted molar refractivity (Wildman–Crippen MR) is 111 cm³/mol. The summed E-state index contributed by atoms with van der Waals surface area (Å²) >= 11 is 0. The third-order valence-corrected chi connectivity index (χ3v) is 5.12. The number of carbonyl (C=O) groups excluding carboxylic acids is 1. The Kier molecular flexibility index (Phi) is 5.35. The number of hydrogen-bond acceptors (Lipinski definition) is 6. The zero-order valence-electron chi connectivity index (χ0n) is 17.2. The average molecular weight is 409 g/mol. The second kappa shape index (κ2) is 8.10. The Hall–Kier alpha value is -3.48. The van der Waals surface area contributed by atoms with Crippen LogP contribution in [-0.4, -0.2) is 37.7 Å². The summed E-state index contributed by atoms with van der Waals surface area (Å²) in [5, 5.41) is 0.849. The minimum atomic E-state index is -0.407. The van der Waals surface area contributed by atoms with E-state index in [2.05, 4.69) is 0 Å². The van der Waals surface area contributed by atoms with Gasteiger partial charge in [-0.3, -0.25) is 4.79 Å². The van der Waals surface area contributed by atoms with E-state index < -0.39 is 5.63 Å². The molecule has 2 heterocycles. The SMILES string of the molecule is Cc1cc(=O)oc2c(C)c(OCC(=O)N(C)Cc3ccc4c(c3)OCCO4)ccc12. The van der Waals surface area contributed by atoms with Crippen molar-refractivity contribution in [1.82, 2.24) is 4.90 Å². The van der Waals surface area contributed by atoms with Gasteiger partial charge in [-0.15, -0.1) is 0 Å². The molecule has 7 heteroatoms. The van der Waals surface area contributed by atoms with E-state index in [1.165, 1.54) is 6.07 Å². The van der Waals surface area contributed by atoms with E-state index in [0.717, 1.165) is 22.3 Å². The molecule has 1 aliphatic heterocycles. The molecule has 156 valence electrons. The van der Waals surface area contributed by atoms with Crippen LogP contribution < -0.4 is 19.8 Å². The number of aryl methyl sites for hydroxylation is 2. The number of carbonyl (C=O) groups is 1. The van der Waals surface area contributed by atoms with Crippen molar-refractivity contribution >= 4 is 16.9 Å². The Bertz CT molecular complexity index is 1170. The lowest BCUT2D eigenvalue weighted by atomic mass is 10.1. The maximum absolute atomic E-state index is 12.6. The third-order valence-electron chi connectivity index (χ3n) is 5.12. The largest absolute Gasteiger partial charge is 0.486 e. The number of benzene rings is 2. The van der Waals surface area contributed by atoms with Crippen molar-refractivity contribution in [3.8, 4) is 17.2 Å². The first-order chi connectivity index (χ1) is 14.4. The highest BCUT2D eigenvalue weighted by molar-refractivity contribution is 5.85. The van der Waals surface area contributed by atoms with Gasteiger partial charge in [-0.05, 0) is 49.2 Å². The molecular weight excluding hydrogens is 386 g/mol. The standard InChI is InChI=1S/C23H23NO6/c1-14-10-22(26)30-23-15(2)18(7-5-17(14)23)29-13-21(25)24(3)12-16-4-6-19-20(11-16)28-9-8-27-19/h4-7,10-11H,8-9,12-13H2,1-3H3. The number of hydrogen-bond donors (Lipinski definition) is 0. The summed E-state index contributed by atoms with van der Waals surface area (Å²) < 4.78 is 22.2. The van der Waals surface area contributed by atoms with Crippen LogP contribution in [0.5, 0.6) is 17.2 Å². The number of rotatable bonds is 5. The van der Waals surface area contributed by atoms with Gasteiger partial charge in [0, 0.05) is 30.6 Å². The van der Waals surface area contributed by atoms with Crippen molar-refractivity contribution in [2.75, 3.05) is 26.9 Å². The van der Waals surface area contributed by atoms with Gasteiger partial charge >= 0.3 is 5.63 Å². The smallest absolute Gasteiger partial charge is 0.336 e. The van der Waals surface area contributed by atoms with Gasteiger partial charge in [0.15, 0.2) is 18.1 Å². The number of fused-ring (bicyclic) bond motifs is 2. The summed E-state index contributed by atoms with van der Waals surface area (Å²) in [7, 11) is 1.72. The molecule has 1 aromatic heterocycles. The molecule has 0 atom stereocenters. The quantitative estimate of drug-likeness (QED) is 0.602. The lowest BCUT2D eigenvalue weighted by molar-refractivity contribution is -0.132. The number of ether oxygens (including phenoxy) is 3. The second-order valence-corrected chi connectivity index (χ2v) is 7.33. The Morgan fingerprint density at radius 3 is 2.63 bits per heavy atom. The van der Waals surface area contributed by atoms with Crippen molar-refractivity contribution < 1.29 is 23.4 Å². The van der Waals surface area contributed by atoms with Gasteiger partial charge < -0.3 is 23.5 Å². The molecular formula is C23H23NO6. The van der Waals surface area contributed by atoms with Crippen molar-refractivity contribution in [1.29, 1.82) is 0 Å². The van der Waals surface area contributed by atoms with E-state index in [1.54, 1.807) is 18.0 Å². The Balaban J connectivity index is 1.43. The zero-order chi connectivity index (χ0) is 21.3. The van der Waals surface area contributed by atoms with Crippen LogP contribution in [0, 0.1) is 13.8 Å². The molecule has 0 saturated heterocycles. The zero-order valence-corrected chi connectivity index (χ0v) is 17.2. The fourth-order valence-corrected chi connectivity index (χ4v) is 3.45. The topological polar surface area (TPSA) is 78.2 Å². The van der Waals surface area contributed by atoms with E-state index in [9.17, 15) is 9.59 Å². The minimum absolute atomic E-state index is 0.122. The minimum Gasteiger partial charge on any atom is -0.486 e. The molecule has 4 rings (SSSR count). The lowest BCUT2D eigenvalue weighted by Gasteiger charge is -2.21. The van der Waals surface area contributed by atoms with E-state index in [4.69, 9.17) is 18.6 Å². The summed E-state index contributed by atoms with van der Waals surface area (Å²) in [5.74, 6) is 1.75. The van der Waals surface area contributed by atoms with Crippen LogP contribution in [0.3, 0.4) is 0 Å². The summed E-state index contributed by atoms with van der Waals surface area (Å²) in [5.41, 5.74) is 2.54. The highest BCUT2D eigenvalue weighted by atomic mass is 16.6. The van der Waals surface area contributed by atoms with Gasteiger partial charge in [0.2, 0.25) is 0 Å². The summed E-state index contributed by atoms with van der Waals surface area (Å²) in [4.78, 5) is 25.9. The second-order valence-electron chi connectivity index (χ2n) is 7.33. The maximum atomic E-state index is 12.6. The highest BCUT2D eigenvalue weighted by Crippen LogP contribution is 2.31. The average Bonchev–Trinajstić information content (AvgIpc) is 2.73. The van der Waals surface area contributed by atoms with Gasteiger partial charge in [0.25, 0.3) is 5.91 Å². The van der Waals surface area contributed by atoms with E-state index >= 15 is 0 Å². The van der Waals surface area contributed by atoms with Crippen LogP contribution in [0.4, 0.5) is 0 Å². The van der Waals surface area contributed by atoms with Gasteiger partial charge in [0.1, 0.15) is 24.5 Å². The molecule has 0 saturated carbocycles. The van der Waals surface area contributed by atoms with E-state index in [1.807, 2.05) is 38.1 Å². The molecule has 0 radical (unpaired) electrons. The molecule has 2 aromatic carbocycles. The number of likely N-dealkylation sites (N-methyl/N-ethyl adjacent to an activating group) is 1. The first-order valence-corrected chi connectivity index (χ1v) is 9.72. The first kappa shape index (κ1) is 19.8. The van der Waals surface area contributed by atoms with Gasteiger partial charge in [0.05, 0.1) is 0 Å². The van der Waals surface area contributed by atoms with Crippen LogP contribution in [0.15, 0.2) is 45.6 Å². The van der Waals surface area contributed by atoms with Gasteiger partial charge in [-0.1, -0.05) is 6.07 Å². The molecule has 7 nitrogen and oxygen atoms in total. The van der Waals surface area contributed by atoms with E-state index in [0.29, 0.717) is 42.4 Å². The monoisotopic (exact) mass is 409 g/mol. The Labute approximate surface area is 173 Å². The van der Waals surface area contributed by atoms with Crippen LogP contribution in [-0.2, 0) is 11.3 Å². The fourth-order valence-electron chi connectivity index (χ4n) is 3.45. The molecule has 0 fully saturated rings.